The van der Waals surface area contributed by atoms with Crippen LogP contribution in [0.5, 0.6) is 0 Å². The molecule has 0 saturated heterocycles. The summed E-state index contributed by atoms with van der Waals surface area (Å²) in [6, 6.07) is 41.9. The Labute approximate surface area is 324 Å². The summed E-state index contributed by atoms with van der Waals surface area (Å²) in [7, 11) is 0. The number of hydrogen-bond donors (Lipinski definition) is 0. The van der Waals surface area contributed by atoms with E-state index in [2.05, 4.69) is 128 Å². The van der Waals surface area contributed by atoms with Crippen LogP contribution in [0.3, 0.4) is 0 Å². The second kappa shape index (κ2) is 13.2. The topological polar surface area (TPSA) is 65.0 Å². The molecule has 0 bridgehead atoms. The van der Waals surface area contributed by atoms with Crippen LogP contribution in [0.4, 0.5) is 0 Å². The van der Waals surface area contributed by atoms with Gasteiger partial charge in [0.25, 0.3) is 0 Å². The van der Waals surface area contributed by atoms with Gasteiger partial charge in [0.05, 0.1) is 0 Å². The fourth-order valence-electron chi connectivity index (χ4n) is 8.57. The second-order valence-electron chi connectivity index (χ2n) is 15.0. The van der Waals surface area contributed by atoms with Crippen LogP contribution in [0.2, 0.25) is 0 Å². The maximum Gasteiger partial charge on any atom is 0.164 e. The zero-order valence-corrected chi connectivity index (χ0v) is 31.0. The zero-order chi connectivity index (χ0) is 37.2. The minimum absolute atomic E-state index is 0.378. The average Bonchev–Trinajstić information content (AvgIpc) is 3.83. The molecule has 5 heteroatoms. The Morgan fingerprint density at radius 3 is 2.18 bits per heavy atom. The van der Waals surface area contributed by atoms with Gasteiger partial charge < -0.3 is 8.83 Å². The lowest BCUT2D eigenvalue weighted by molar-refractivity contribution is 0.669. The summed E-state index contributed by atoms with van der Waals surface area (Å²) in [5.41, 5.74) is 11.1. The Morgan fingerprint density at radius 2 is 1.30 bits per heavy atom. The standard InChI is InChI=1S/C51H37N3O2/c1-2-3-10-31-19-20-35-29-38(24-22-34(35)27-31)50-52-49(37-23-21-32-11-4-5-12-33(32)28-37)53-51(54-50)41-15-9-18-46-48(41)42-30-36(25-26-44(42)56-46)39-14-8-17-45-47(39)40-13-6-7-16-43(40)55-45/h4-9,11-21,23-30,34H,2-3,10,22H2,1H3. The number of fused-ring (bicyclic) bond motifs is 8. The van der Waals surface area contributed by atoms with E-state index in [1.165, 1.54) is 29.4 Å². The molecule has 0 spiro atoms. The van der Waals surface area contributed by atoms with Gasteiger partial charge in [0, 0.05) is 44.2 Å². The Morgan fingerprint density at radius 1 is 0.589 bits per heavy atom. The molecule has 2 aliphatic rings. The van der Waals surface area contributed by atoms with Crippen molar-refractivity contribution < 1.29 is 8.83 Å². The van der Waals surface area contributed by atoms with Gasteiger partial charge in [0.1, 0.15) is 22.3 Å². The van der Waals surface area contributed by atoms with Crippen molar-refractivity contribution in [3.63, 3.8) is 0 Å². The molecule has 1 unspecified atom stereocenters. The number of para-hydroxylation sites is 1. The molecule has 0 fully saturated rings. The van der Waals surface area contributed by atoms with Crippen molar-refractivity contribution in [1.29, 1.82) is 0 Å². The van der Waals surface area contributed by atoms with Gasteiger partial charge in [-0.05, 0) is 89.2 Å². The Kier molecular flexibility index (Phi) is 7.66. The Hall–Kier alpha value is -6.85. The van der Waals surface area contributed by atoms with Crippen LogP contribution in [0, 0.1) is 5.92 Å². The van der Waals surface area contributed by atoms with E-state index in [4.69, 9.17) is 23.8 Å². The molecule has 0 radical (unpaired) electrons. The zero-order valence-electron chi connectivity index (χ0n) is 31.0. The van der Waals surface area contributed by atoms with Gasteiger partial charge in [0.15, 0.2) is 17.5 Å². The minimum atomic E-state index is 0.378. The van der Waals surface area contributed by atoms with E-state index >= 15 is 0 Å². The van der Waals surface area contributed by atoms with Crippen molar-refractivity contribution in [3.8, 4) is 33.9 Å². The SMILES string of the molecule is CCCCC1=CC2CC=C(c3nc(-c4ccc5ccccc5c4)nc(-c4cccc5oc6ccc(-c7cccc8oc9ccccc9c78)cc6c45)n3)C=C2C=C1. The smallest absolute Gasteiger partial charge is 0.164 e. The van der Waals surface area contributed by atoms with Gasteiger partial charge in [-0.2, -0.15) is 0 Å². The largest absolute Gasteiger partial charge is 0.456 e. The molecule has 11 rings (SSSR count). The van der Waals surface area contributed by atoms with Gasteiger partial charge in [-0.3, -0.25) is 0 Å². The Bertz CT molecular complexity index is 3170. The predicted molar refractivity (Wildman–Crippen MR) is 229 cm³/mol. The highest BCUT2D eigenvalue weighted by Crippen LogP contribution is 2.42. The summed E-state index contributed by atoms with van der Waals surface area (Å²) >= 11 is 0. The van der Waals surface area contributed by atoms with Gasteiger partial charge in [-0.15, -0.1) is 0 Å². The molecule has 0 N–H and O–H groups in total. The van der Waals surface area contributed by atoms with Gasteiger partial charge in [-0.1, -0.05) is 128 Å². The Balaban J connectivity index is 1.08. The average molecular weight is 724 g/mol. The third-order valence-electron chi connectivity index (χ3n) is 11.4. The molecule has 56 heavy (non-hydrogen) atoms. The molecule has 2 aliphatic carbocycles. The summed E-state index contributed by atoms with van der Waals surface area (Å²) in [6.07, 6.45) is 16.0. The maximum absolute atomic E-state index is 6.53. The van der Waals surface area contributed by atoms with Gasteiger partial charge in [0.2, 0.25) is 0 Å². The van der Waals surface area contributed by atoms with E-state index in [1.807, 2.05) is 30.3 Å². The van der Waals surface area contributed by atoms with Crippen molar-refractivity contribution in [2.45, 2.75) is 32.6 Å². The van der Waals surface area contributed by atoms with Crippen LogP contribution in [0.15, 0.2) is 172 Å². The van der Waals surface area contributed by atoms with Crippen LogP contribution in [0.1, 0.15) is 38.4 Å². The number of hydrogen-bond acceptors (Lipinski definition) is 5. The van der Waals surface area contributed by atoms with E-state index in [9.17, 15) is 0 Å². The monoisotopic (exact) mass is 723 g/mol. The highest BCUT2D eigenvalue weighted by molar-refractivity contribution is 6.16. The normalized spacial score (nSPS) is 15.4. The molecule has 3 aromatic heterocycles. The van der Waals surface area contributed by atoms with Crippen molar-refractivity contribution in [1.82, 2.24) is 15.0 Å². The van der Waals surface area contributed by atoms with Crippen LogP contribution < -0.4 is 0 Å². The summed E-state index contributed by atoms with van der Waals surface area (Å²) in [6.45, 7) is 2.25. The third kappa shape index (κ3) is 5.50. The molecular formula is C51H37N3O2. The van der Waals surface area contributed by atoms with Crippen LogP contribution in [-0.2, 0) is 0 Å². The van der Waals surface area contributed by atoms with Crippen molar-refractivity contribution in [2.75, 3.05) is 0 Å². The first-order valence-corrected chi connectivity index (χ1v) is 19.6. The first kappa shape index (κ1) is 32.6. The molecule has 0 amide bonds. The second-order valence-corrected chi connectivity index (χ2v) is 15.0. The van der Waals surface area contributed by atoms with Crippen LogP contribution >= 0.6 is 0 Å². The molecule has 0 aliphatic heterocycles. The lowest BCUT2D eigenvalue weighted by Gasteiger charge is -2.23. The van der Waals surface area contributed by atoms with Gasteiger partial charge in [-0.25, -0.2) is 15.0 Å². The van der Waals surface area contributed by atoms with Crippen molar-refractivity contribution >= 4 is 60.2 Å². The van der Waals surface area contributed by atoms with E-state index in [0.717, 1.165) is 89.9 Å². The predicted octanol–water partition coefficient (Wildman–Crippen LogP) is 13.8. The van der Waals surface area contributed by atoms with Crippen molar-refractivity contribution in [3.05, 3.63) is 169 Å². The number of aromatic nitrogens is 3. The molecule has 0 saturated carbocycles. The molecule has 3 heterocycles. The molecule has 1 atom stereocenters. The molecule has 5 nitrogen and oxygen atoms in total. The minimum Gasteiger partial charge on any atom is -0.456 e. The number of allylic oxidation sites excluding steroid dienone is 8. The lowest BCUT2D eigenvalue weighted by Crippen LogP contribution is -2.10. The van der Waals surface area contributed by atoms with E-state index < -0.39 is 0 Å². The molecule has 6 aromatic carbocycles. The number of furan rings is 2. The number of rotatable bonds is 7. The molecular weight excluding hydrogens is 687 g/mol. The summed E-state index contributed by atoms with van der Waals surface area (Å²) < 4.78 is 12.8. The number of nitrogens with zero attached hydrogens (tertiary/aromatic N) is 3. The first-order valence-electron chi connectivity index (χ1n) is 19.6. The summed E-state index contributed by atoms with van der Waals surface area (Å²) in [5.74, 6) is 2.30. The first-order chi connectivity index (χ1) is 27.7. The van der Waals surface area contributed by atoms with Crippen molar-refractivity contribution in [2.24, 2.45) is 5.92 Å². The fraction of sp³-hybridized carbons (Fsp3) is 0.118. The van der Waals surface area contributed by atoms with E-state index in [0.29, 0.717) is 23.4 Å². The highest BCUT2D eigenvalue weighted by Gasteiger charge is 2.23. The third-order valence-corrected chi connectivity index (χ3v) is 11.4. The lowest BCUT2D eigenvalue weighted by atomic mass is 9.82. The van der Waals surface area contributed by atoms with E-state index in [1.54, 1.807) is 0 Å². The molecule has 268 valence electrons. The van der Waals surface area contributed by atoms with Crippen LogP contribution in [-0.4, -0.2) is 15.0 Å². The number of unbranched alkanes of at least 4 members (excludes halogenated alkanes) is 1. The van der Waals surface area contributed by atoms with Crippen LogP contribution in [0.25, 0.3) is 94.1 Å². The van der Waals surface area contributed by atoms with E-state index in [-0.39, 0.29) is 0 Å². The summed E-state index contributed by atoms with van der Waals surface area (Å²) in [4.78, 5) is 15.7. The van der Waals surface area contributed by atoms with Gasteiger partial charge >= 0.3 is 0 Å². The number of benzene rings is 6. The highest BCUT2D eigenvalue weighted by atomic mass is 16.3. The fourth-order valence-corrected chi connectivity index (χ4v) is 8.57. The summed E-state index contributed by atoms with van der Waals surface area (Å²) in [5, 5.41) is 6.51. The maximum atomic E-state index is 6.53. The quantitative estimate of drug-likeness (QED) is 0.164. The molecule has 9 aromatic rings.